The van der Waals surface area contributed by atoms with Crippen LogP contribution in [0.5, 0.6) is 0 Å². The fourth-order valence-corrected chi connectivity index (χ4v) is 2.91. The van der Waals surface area contributed by atoms with Crippen LogP contribution in [0.3, 0.4) is 0 Å². The summed E-state index contributed by atoms with van der Waals surface area (Å²) in [6, 6.07) is 0. The topological polar surface area (TPSA) is 70.2 Å². The van der Waals surface area contributed by atoms with Gasteiger partial charge in [-0.1, -0.05) is 0 Å². The fraction of sp³-hybridized carbons (Fsp3) is 0.583. The van der Waals surface area contributed by atoms with E-state index in [2.05, 4.69) is 45.9 Å². The first-order valence-corrected chi connectivity index (χ1v) is 7.39. The standard InChI is InChI=1S/C12H17BrN6O/c1-20-7-6-18-2-4-19(5-3-18)12-9-10(13)16-17-11(9)14-8-15-12/h8H,2-7H2,1H3,(H,14,15,16,17). The number of H-pyrrole nitrogens is 1. The van der Waals surface area contributed by atoms with Crippen molar-refractivity contribution in [1.29, 1.82) is 0 Å². The van der Waals surface area contributed by atoms with E-state index in [0.717, 1.165) is 60.8 Å². The highest BCUT2D eigenvalue weighted by Crippen LogP contribution is 2.28. The Balaban J connectivity index is 1.75. The first-order chi connectivity index (χ1) is 9.79. The molecule has 0 saturated carbocycles. The summed E-state index contributed by atoms with van der Waals surface area (Å²) in [4.78, 5) is 13.3. The van der Waals surface area contributed by atoms with Crippen molar-refractivity contribution >= 4 is 32.8 Å². The van der Waals surface area contributed by atoms with Crippen LogP contribution >= 0.6 is 15.9 Å². The minimum atomic E-state index is 0.767. The van der Waals surface area contributed by atoms with Gasteiger partial charge in [0.1, 0.15) is 16.7 Å². The van der Waals surface area contributed by atoms with Crippen molar-refractivity contribution < 1.29 is 4.74 Å². The van der Waals surface area contributed by atoms with Gasteiger partial charge in [-0.25, -0.2) is 9.97 Å². The van der Waals surface area contributed by atoms with E-state index in [1.807, 2.05) is 0 Å². The number of hydrogen-bond donors (Lipinski definition) is 1. The summed E-state index contributed by atoms with van der Waals surface area (Å²) in [5.74, 6) is 0.946. The van der Waals surface area contributed by atoms with Crippen LogP contribution in [0.1, 0.15) is 0 Å². The van der Waals surface area contributed by atoms with Gasteiger partial charge in [0.25, 0.3) is 0 Å². The van der Waals surface area contributed by atoms with E-state index < -0.39 is 0 Å². The van der Waals surface area contributed by atoms with Crippen LogP contribution in [0.4, 0.5) is 5.82 Å². The maximum atomic E-state index is 5.12. The average Bonchev–Trinajstić information content (AvgIpc) is 2.87. The Hall–Kier alpha value is -1.25. The Morgan fingerprint density at radius 1 is 1.30 bits per heavy atom. The van der Waals surface area contributed by atoms with Crippen molar-refractivity contribution in [2.75, 3.05) is 51.3 Å². The minimum absolute atomic E-state index is 0.767. The normalized spacial score (nSPS) is 17.0. The van der Waals surface area contributed by atoms with Crippen LogP contribution in [-0.2, 0) is 4.74 Å². The number of nitrogens with zero attached hydrogens (tertiary/aromatic N) is 5. The predicted octanol–water partition coefficient (Wildman–Crippen LogP) is 0.884. The number of rotatable bonds is 4. The van der Waals surface area contributed by atoms with Gasteiger partial charge in [-0.05, 0) is 15.9 Å². The zero-order valence-corrected chi connectivity index (χ0v) is 12.9. The van der Waals surface area contributed by atoms with E-state index in [0.29, 0.717) is 0 Å². The Kier molecular flexibility index (Phi) is 4.13. The number of aromatic amines is 1. The summed E-state index contributed by atoms with van der Waals surface area (Å²) in [5.41, 5.74) is 0.767. The molecule has 7 nitrogen and oxygen atoms in total. The van der Waals surface area contributed by atoms with Crippen molar-refractivity contribution in [2.45, 2.75) is 0 Å². The highest BCUT2D eigenvalue weighted by atomic mass is 79.9. The quantitative estimate of drug-likeness (QED) is 0.891. The van der Waals surface area contributed by atoms with E-state index in [-0.39, 0.29) is 0 Å². The van der Waals surface area contributed by atoms with Gasteiger partial charge in [-0.2, -0.15) is 5.10 Å². The van der Waals surface area contributed by atoms with Crippen LogP contribution < -0.4 is 4.90 Å². The van der Waals surface area contributed by atoms with Gasteiger partial charge in [-0.3, -0.25) is 10.00 Å². The second-order valence-electron chi connectivity index (χ2n) is 4.76. The molecule has 1 saturated heterocycles. The van der Waals surface area contributed by atoms with Crippen molar-refractivity contribution in [3.63, 3.8) is 0 Å². The van der Waals surface area contributed by atoms with Crippen molar-refractivity contribution in [3.05, 3.63) is 10.9 Å². The van der Waals surface area contributed by atoms with Crippen molar-refractivity contribution in [2.24, 2.45) is 0 Å². The summed E-state index contributed by atoms with van der Waals surface area (Å²) in [5, 5.41) is 8.00. The third kappa shape index (κ3) is 2.63. The van der Waals surface area contributed by atoms with Gasteiger partial charge in [0.15, 0.2) is 5.65 Å². The summed E-state index contributed by atoms with van der Waals surface area (Å²) in [6.07, 6.45) is 1.58. The maximum absolute atomic E-state index is 5.12. The summed E-state index contributed by atoms with van der Waals surface area (Å²) in [6.45, 7) is 5.71. The van der Waals surface area contributed by atoms with Gasteiger partial charge in [0, 0.05) is 39.8 Å². The fourth-order valence-electron chi connectivity index (χ4n) is 2.45. The van der Waals surface area contributed by atoms with Gasteiger partial charge < -0.3 is 9.64 Å². The zero-order chi connectivity index (χ0) is 13.9. The number of ether oxygens (including phenoxy) is 1. The molecule has 0 amide bonds. The molecule has 1 aliphatic heterocycles. The van der Waals surface area contributed by atoms with Crippen LogP contribution in [0, 0.1) is 0 Å². The first kappa shape index (κ1) is 13.7. The first-order valence-electron chi connectivity index (χ1n) is 6.60. The summed E-state index contributed by atoms with van der Waals surface area (Å²) < 4.78 is 5.89. The number of hydrogen-bond acceptors (Lipinski definition) is 6. The average molecular weight is 341 g/mol. The molecular weight excluding hydrogens is 324 g/mol. The van der Waals surface area contributed by atoms with Crippen molar-refractivity contribution in [1.82, 2.24) is 25.1 Å². The Bertz CT molecular complexity index is 580. The van der Waals surface area contributed by atoms with Crippen LogP contribution in [0.25, 0.3) is 11.0 Å². The molecule has 1 fully saturated rings. The molecule has 2 aromatic heterocycles. The monoisotopic (exact) mass is 340 g/mol. The molecule has 108 valence electrons. The summed E-state index contributed by atoms with van der Waals surface area (Å²) in [7, 11) is 1.74. The zero-order valence-electron chi connectivity index (χ0n) is 11.3. The lowest BCUT2D eigenvalue weighted by molar-refractivity contribution is 0.144. The number of nitrogens with one attached hydrogen (secondary N) is 1. The third-order valence-electron chi connectivity index (χ3n) is 3.58. The molecule has 8 heteroatoms. The number of fused-ring (bicyclic) bond motifs is 1. The second kappa shape index (κ2) is 6.02. The molecular formula is C12H17BrN6O. The molecule has 2 aromatic rings. The van der Waals surface area contributed by atoms with Gasteiger partial charge >= 0.3 is 0 Å². The van der Waals surface area contributed by atoms with E-state index in [1.54, 1.807) is 13.4 Å². The SMILES string of the molecule is COCCN1CCN(c2ncnc3[nH]nc(Br)c23)CC1. The lowest BCUT2D eigenvalue weighted by Gasteiger charge is -2.35. The predicted molar refractivity (Wildman–Crippen MR) is 79.9 cm³/mol. The maximum Gasteiger partial charge on any atom is 0.161 e. The van der Waals surface area contributed by atoms with E-state index in [9.17, 15) is 0 Å². The molecule has 0 spiro atoms. The highest BCUT2D eigenvalue weighted by Gasteiger charge is 2.21. The molecule has 1 N–H and O–H groups in total. The lowest BCUT2D eigenvalue weighted by atomic mass is 10.3. The molecule has 0 atom stereocenters. The van der Waals surface area contributed by atoms with E-state index >= 15 is 0 Å². The van der Waals surface area contributed by atoms with Crippen molar-refractivity contribution in [3.8, 4) is 0 Å². The van der Waals surface area contributed by atoms with Gasteiger partial charge in [0.05, 0.1) is 12.0 Å². The number of anilines is 1. The molecule has 0 unspecified atom stereocenters. The van der Waals surface area contributed by atoms with E-state index in [4.69, 9.17) is 4.74 Å². The molecule has 3 rings (SSSR count). The lowest BCUT2D eigenvalue weighted by Crippen LogP contribution is -2.47. The third-order valence-corrected chi connectivity index (χ3v) is 4.15. The smallest absolute Gasteiger partial charge is 0.161 e. The molecule has 0 radical (unpaired) electrons. The number of piperazine rings is 1. The molecule has 0 bridgehead atoms. The highest BCUT2D eigenvalue weighted by molar-refractivity contribution is 9.10. The molecule has 1 aliphatic rings. The van der Waals surface area contributed by atoms with Crippen LogP contribution in [0.2, 0.25) is 0 Å². The van der Waals surface area contributed by atoms with Gasteiger partial charge in [-0.15, -0.1) is 0 Å². The summed E-state index contributed by atoms with van der Waals surface area (Å²) >= 11 is 3.45. The second-order valence-corrected chi connectivity index (χ2v) is 5.51. The van der Waals surface area contributed by atoms with E-state index in [1.165, 1.54) is 0 Å². The number of methoxy groups -OCH3 is 1. The Labute approximate surface area is 125 Å². The number of aromatic nitrogens is 4. The molecule has 20 heavy (non-hydrogen) atoms. The Morgan fingerprint density at radius 2 is 2.10 bits per heavy atom. The molecule has 0 aliphatic carbocycles. The van der Waals surface area contributed by atoms with Crippen LogP contribution in [-0.4, -0.2) is 71.5 Å². The Morgan fingerprint density at radius 3 is 2.85 bits per heavy atom. The molecule has 3 heterocycles. The van der Waals surface area contributed by atoms with Gasteiger partial charge in [0.2, 0.25) is 0 Å². The number of halogens is 1. The minimum Gasteiger partial charge on any atom is -0.383 e. The van der Waals surface area contributed by atoms with Crippen LogP contribution in [0.15, 0.2) is 10.9 Å². The molecule has 0 aromatic carbocycles. The largest absolute Gasteiger partial charge is 0.383 e.